The van der Waals surface area contributed by atoms with E-state index in [2.05, 4.69) is 39.8 Å². The van der Waals surface area contributed by atoms with Gasteiger partial charge in [-0.1, -0.05) is 46.2 Å². The number of hydrogen-bond acceptors (Lipinski definition) is 1. The molecule has 0 heterocycles. The quantitative estimate of drug-likeness (QED) is 0.774. The van der Waals surface area contributed by atoms with Crippen molar-refractivity contribution in [2.24, 2.45) is 5.92 Å². The smallest absolute Gasteiger partial charge is 0.115 e. The Bertz CT molecular complexity index is 313. The van der Waals surface area contributed by atoms with Crippen LogP contribution in [-0.4, -0.2) is 5.11 Å². The van der Waals surface area contributed by atoms with Gasteiger partial charge in [-0.3, -0.25) is 0 Å². The van der Waals surface area contributed by atoms with Gasteiger partial charge in [0.25, 0.3) is 0 Å². The van der Waals surface area contributed by atoms with Crippen LogP contribution in [0.3, 0.4) is 0 Å². The zero-order valence-electron chi connectivity index (χ0n) is 11.0. The normalized spacial score (nSPS) is 15.1. The van der Waals surface area contributed by atoms with Crippen molar-refractivity contribution in [1.29, 1.82) is 0 Å². The summed E-state index contributed by atoms with van der Waals surface area (Å²) in [7, 11) is 0. The molecule has 0 aliphatic heterocycles. The van der Waals surface area contributed by atoms with Crippen LogP contribution in [0.5, 0.6) is 5.75 Å². The molecule has 1 aromatic rings. The van der Waals surface area contributed by atoms with Crippen LogP contribution in [0.25, 0.3) is 0 Å². The predicted molar refractivity (Wildman–Crippen MR) is 69.8 cm³/mol. The van der Waals surface area contributed by atoms with Gasteiger partial charge < -0.3 is 5.11 Å². The summed E-state index contributed by atoms with van der Waals surface area (Å²) < 4.78 is 0. The summed E-state index contributed by atoms with van der Waals surface area (Å²) in [6.07, 6.45) is 3.57. The van der Waals surface area contributed by atoms with Crippen molar-refractivity contribution >= 4 is 0 Å². The standard InChI is InChI=1S/C15H24O/c1-5-11-15(6-2,12(3)4)13-7-9-14(16)10-8-13/h7-10,12,16H,5-6,11H2,1-4H3. The fourth-order valence-corrected chi connectivity index (χ4v) is 2.79. The van der Waals surface area contributed by atoms with Crippen LogP contribution < -0.4 is 0 Å². The topological polar surface area (TPSA) is 20.2 Å². The van der Waals surface area contributed by atoms with Crippen molar-refractivity contribution in [1.82, 2.24) is 0 Å². The lowest BCUT2D eigenvalue weighted by molar-refractivity contribution is 0.270. The Labute approximate surface area is 99.5 Å². The summed E-state index contributed by atoms with van der Waals surface area (Å²) in [5.41, 5.74) is 1.63. The van der Waals surface area contributed by atoms with E-state index in [1.54, 1.807) is 12.1 Å². The van der Waals surface area contributed by atoms with Gasteiger partial charge in [-0.15, -0.1) is 0 Å². The largest absolute Gasteiger partial charge is 0.508 e. The van der Waals surface area contributed by atoms with Crippen LogP contribution in [0.2, 0.25) is 0 Å². The second-order valence-corrected chi connectivity index (χ2v) is 4.96. The molecule has 0 amide bonds. The van der Waals surface area contributed by atoms with Crippen LogP contribution >= 0.6 is 0 Å². The van der Waals surface area contributed by atoms with Gasteiger partial charge in [0.05, 0.1) is 0 Å². The molecule has 0 aromatic heterocycles. The molecule has 0 fully saturated rings. The van der Waals surface area contributed by atoms with E-state index >= 15 is 0 Å². The first-order valence-corrected chi connectivity index (χ1v) is 6.36. The minimum Gasteiger partial charge on any atom is -0.508 e. The van der Waals surface area contributed by atoms with Gasteiger partial charge in [0.15, 0.2) is 0 Å². The maximum absolute atomic E-state index is 9.36. The highest BCUT2D eigenvalue weighted by Gasteiger charge is 2.32. The molecule has 0 aliphatic carbocycles. The number of rotatable bonds is 5. The Morgan fingerprint density at radius 3 is 2.06 bits per heavy atom. The van der Waals surface area contributed by atoms with Crippen molar-refractivity contribution in [2.75, 3.05) is 0 Å². The van der Waals surface area contributed by atoms with Crippen LogP contribution in [0.15, 0.2) is 24.3 Å². The Kier molecular flexibility index (Phi) is 4.40. The fraction of sp³-hybridized carbons (Fsp3) is 0.600. The molecule has 1 rings (SSSR count). The average molecular weight is 220 g/mol. The summed E-state index contributed by atoms with van der Waals surface area (Å²) >= 11 is 0. The molecule has 1 nitrogen and oxygen atoms in total. The lowest BCUT2D eigenvalue weighted by Crippen LogP contribution is -2.31. The molecular formula is C15H24O. The van der Waals surface area contributed by atoms with E-state index in [0.717, 1.165) is 6.42 Å². The van der Waals surface area contributed by atoms with Crippen molar-refractivity contribution in [3.8, 4) is 5.75 Å². The predicted octanol–water partition coefficient (Wildman–Crippen LogP) is 4.50. The molecule has 0 spiro atoms. The Hall–Kier alpha value is -0.980. The maximum Gasteiger partial charge on any atom is 0.115 e. The average Bonchev–Trinajstić information content (AvgIpc) is 2.27. The third-order valence-electron chi connectivity index (χ3n) is 3.87. The summed E-state index contributed by atoms with van der Waals surface area (Å²) in [6, 6.07) is 7.76. The van der Waals surface area contributed by atoms with Crippen LogP contribution in [-0.2, 0) is 5.41 Å². The monoisotopic (exact) mass is 220 g/mol. The summed E-state index contributed by atoms with van der Waals surface area (Å²) in [6.45, 7) is 9.10. The summed E-state index contributed by atoms with van der Waals surface area (Å²) in [4.78, 5) is 0. The van der Waals surface area contributed by atoms with Crippen molar-refractivity contribution < 1.29 is 5.11 Å². The number of benzene rings is 1. The lowest BCUT2D eigenvalue weighted by Gasteiger charge is -2.37. The molecule has 16 heavy (non-hydrogen) atoms. The highest BCUT2D eigenvalue weighted by atomic mass is 16.3. The number of aromatic hydroxyl groups is 1. The van der Waals surface area contributed by atoms with Gasteiger partial charge in [-0.2, -0.15) is 0 Å². The highest BCUT2D eigenvalue weighted by Crippen LogP contribution is 2.40. The third kappa shape index (κ3) is 2.40. The molecule has 0 bridgehead atoms. The van der Waals surface area contributed by atoms with Gasteiger partial charge >= 0.3 is 0 Å². The van der Waals surface area contributed by atoms with Crippen molar-refractivity contribution in [2.45, 2.75) is 52.4 Å². The molecule has 1 aromatic carbocycles. The van der Waals surface area contributed by atoms with E-state index in [0.29, 0.717) is 11.7 Å². The Morgan fingerprint density at radius 2 is 1.69 bits per heavy atom. The molecule has 90 valence electrons. The molecule has 0 aliphatic rings. The second kappa shape index (κ2) is 5.38. The Morgan fingerprint density at radius 1 is 1.12 bits per heavy atom. The molecular weight excluding hydrogens is 196 g/mol. The third-order valence-corrected chi connectivity index (χ3v) is 3.87. The van der Waals surface area contributed by atoms with Gasteiger partial charge in [0.2, 0.25) is 0 Å². The molecule has 1 atom stereocenters. The number of phenols is 1. The van der Waals surface area contributed by atoms with E-state index in [4.69, 9.17) is 0 Å². The van der Waals surface area contributed by atoms with Crippen molar-refractivity contribution in [3.05, 3.63) is 29.8 Å². The lowest BCUT2D eigenvalue weighted by atomic mass is 9.67. The summed E-state index contributed by atoms with van der Waals surface area (Å²) in [5.74, 6) is 0.982. The van der Waals surface area contributed by atoms with E-state index in [9.17, 15) is 5.11 Å². The molecule has 1 heteroatoms. The maximum atomic E-state index is 9.36. The number of hydrogen-bond donors (Lipinski definition) is 1. The fourth-order valence-electron chi connectivity index (χ4n) is 2.79. The van der Waals surface area contributed by atoms with E-state index in [-0.39, 0.29) is 5.41 Å². The van der Waals surface area contributed by atoms with Crippen LogP contribution in [0.4, 0.5) is 0 Å². The molecule has 0 saturated heterocycles. The first-order valence-electron chi connectivity index (χ1n) is 6.36. The molecule has 0 radical (unpaired) electrons. The number of phenolic OH excluding ortho intramolecular Hbond substituents is 1. The molecule has 1 N–H and O–H groups in total. The first kappa shape index (κ1) is 13.1. The van der Waals surface area contributed by atoms with Gasteiger partial charge in [0, 0.05) is 0 Å². The van der Waals surface area contributed by atoms with E-state index < -0.39 is 0 Å². The van der Waals surface area contributed by atoms with Crippen LogP contribution in [0, 0.1) is 5.92 Å². The van der Waals surface area contributed by atoms with Gasteiger partial charge in [0.1, 0.15) is 5.75 Å². The highest BCUT2D eigenvalue weighted by molar-refractivity contribution is 5.32. The van der Waals surface area contributed by atoms with E-state index in [1.165, 1.54) is 18.4 Å². The zero-order chi connectivity index (χ0) is 12.2. The van der Waals surface area contributed by atoms with Gasteiger partial charge in [-0.25, -0.2) is 0 Å². The summed E-state index contributed by atoms with van der Waals surface area (Å²) in [5, 5.41) is 9.36. The minimum absolute atomic E-state index is 0.266. The second-order valence-electron chi connectivity index (χ2n) is 4.96. The Balaban J connectivity index is 3.13. The van der Waals surface area contributed by atoms with Crippen LogP contribution in [0.1, 0.15) is 52.5 Å². The minimum atomic E-state index is 0.266. The van der Waals surface area contributed by atoms with Gasteiger partial charge in [-0.05, 0) is 41.9 Å². The van der Waals surface area contributed by atoms with Crippen molar-refractivity contribution in [3.63, 3.8) is 0 Å². The van der Waals surface area contributed by atoms with E-state index in [1.807, 2.05) is 0 Å². The molecule has 1 unspecified atom stereocenters. The SMILES string of the molecule is CCCC(CC)(c1ccc(O)cc1)C(C)C. The molecule has 0 saturated carbocycles. The first-order chi connectivity index (χ1) is 7.56. The zero-order valence-corrected chi connectivity index (χ0v) is 11.0.